The van der Waals surface area contributed by atoms with Gasteiger partial charge in [0.1, 0.15) is 5.82 Å². The molecule has 136 valence electrons. The summed E-state index contributed by atoms with van der Waals surface area (Å²) < 4.78 is 18.8. The third-order valence-electron chi connectivity index (χ3n) is 5.08. The Morgan fingerprint density at radius 1 is 1.12 bits per heavy atom. The van der Waals surface area contributed by atoms with E-state index in [-0.39, 0.29) is 17.1 Å². The van der Waals surface area contributed by atoms with E-state index < -0.39 is 0 Å². The second kappa shape index (κ2) is 8.28. The molecule has 1 N–H and O–H groups in total. The molecule has 0 spiro atoms. The van der Waals surface area contributed by atoms with Crippen LogP contribution in [0.1, 0.15) is 30.9 Å². The average Bonchev–Trinajstić information content (AvgIpc) is 2.68. The second-order valence-corrected chi connectivity index (χ2v) is 6.81. The van der Waals surface area contributed by atoms with Crippen molar-refractivity contribution in [1.82, 2.24) is 5.32 Å². The van der Waals surface area contributed by atoms with E-state index in [0.29, 0.717) is 19.8 Å². The Bertz CT molecular complexity index is 762. The van der Waals surface area contributed by atoms with Crippen LogP contribution < -0.4 is 5.32 Å². The Balaban J connectivity index is 1.72. The molecule has 1 aliphatic heterocycles. The fourth-order valence-electron chi connectivity index (χ4n) is 3.42. The van der Waals surface area contributed by atoms with E-state index in [1.807, 2.05) is 49.4 Å². The molecule has 1 heterocycles. The number of ether oxygens (including phenoxy) is 1. The van der Waals surface area contributed by atoms with Gasteiger partial charge in [-0.2, -0.15) is 0 Å². The van der Waals surface area contributed by atoms with Gasteiger partial charge in [-0.1, -0.05) is 42.5 Å². The molecule has 0 saturated carbocycles. The van der Waals surface area contributed by atoms with Crippen LogP contribution in [0.3, 0.4) is 0 Å². The minimum atomic E-state index is -0.249. The van der Waals surface area contributed by atoms with Gasteiger partial charge in [0.25, 0.3) is 0 Å². The van der Waals surface area contributed by atoms with Crippen molar-refractivity contribution in [2.24, 2.45) is 0 Å². The van der Waals surface area contributed by atoms with Crippen molar-refractivity contribution in [3.63, 3.8) is 0 Å². The Hall–Kier alpha value is -2.46. The number of allylic oxidation sites excluding steroid dienone is 1. The van der Waals surface area contributed by atoms with Crippen LogP contribution in [-0.2, 0) is 14.9 Å². The number of nitrogens with one attached hydrogen (secondary N) is 1. The van der Waals surface area contributed by atoms with Crippen molar-refractivity contribution < 1.29 is 13.9 Å². The van der Waals surface area contributed by atoms with Crippen molar-refractivity contribution in [2.45, 2.75) is 25.2 Å². The zero-order chi connectivity index (χ0) is 18.4. The highest BCUT2D eigenvalue weighted by atomic mass is 19.1. The molecule has 0 atom stereocenters. The second-order valence-electron chi connectivity index (χ2n) is 6.81. The molecule has 0 aliphatic carbocycles. The largest absolute Gasteiger partial charge is 0.381 e. The molecule has 0 bridgehead atoms. The maximum Gasteiger partial charge on any atom is 0.244 e. The Kier molecular flexibility index (Phi) is 5.84. The molecule has 1 amide bonds. The van der Waals surface area contributed by atoms with Crippen LogP contribution in [0.15, 0.2) is 60.7 Å². The van der Waals surface area contributed by atoms with Gasteiger partial charge in [0.15, 0.2) is 0 Å². The standard InChI is InChI=1S/C22H24FNO2/c1-17(18-5-3-2-4-6-18)15-21(25)24-16-22(11-13-26-14-12-22)19-7-9-20(23)10-8-19/h2-10,15H,11-14,16H2,1H3,(H,24,25)/b17-15-. The highest BCUT2D eigenvalue weighted by Crippen LogP contribution is 2.34. The number of hydrogen-bond donors (Lipinski definition) is 1. The van der Waals surface area contributed by atoms with Gasteiger partial charge >= 0.3 is 0 Å². The monoisotopic (exact) mass is 353 g/mol. The van der Waals surface area contributed by atoms with E-state index in [9.17, 15) is 9.18 Å². The van der Waals surface area contributed by atoms with Gasteiger partial charge in [0, 0.05) is 31.2 Å². The number of carbonyl (C=O) groups excluding carboxylic acids is 1. The summed E-state index contributed by atoms with van der Waals surface area (Å²) in [6.45, 7) is 3.73. The lowest BCUT2D eigenvalue weighted by atomic mass is 9.74. The summed E-state index contributed by atoms with van der Waals surface area (Å²) in [4.78, 5) is 12.4. The maximum absolute atomic E-state index is 13.3. The highest BCUT2D eigenvalue weighted by Gasteiger charge is 2.34. The maximum atomic E-state index is 13.3. The normalized spacial score (nSPS) is 16.9. The van der Waals surface area contributed by atoms with Crippen LogP contribution in [0.4, 0.5) is 4.39 Å². The third-order valence-corrected chi connectivity index (χ3v) is 5.08. The predicted octanol–water partition coefficient (Wildman–Crippen LogP) is 4.09. The lowest BCUT2D eigenvalue weighted by molar-refractivity contribution is -0.117. The fraction of sp³-hybridized carbons (Fsp3) is 0.318. The van der Waals surface area contributed by atoms with Gasteiger partial charge in [-0.3, -0.25) is 4.79 Å². The number of hydrogen-bond acceptors (Lipinski definition) is 2. The Morgan fingerprint density at radius 3 is 2.42 bits per heavy atom. The summed E-state index contributed by atoms with van der Waals surface area (Å²) >= 11 is 0. The first kappa shape index (κ1) is 18.3. The smallest absolute Gasteiger partial charge is 0.244 e. The van der Waals surface area contributed by atoms with Crippen molar-refractivity contribution in [2.75, 3.05) is 19.8 Å². The zero-order valence-electron chi connectivity index (χ0n) is 15.0. The third kappa shape index (κ3) is 4.38. The van der Waals surface area contributed by atoms with E-state index >= 15 is 0 Å². The van der Waals surface area contributed by atoms with Gasteiger partial charge in [-0.05, 0) is 48.6 Å². The summed E-state index contributed by atoms with van der Waals surface area (Å²) in [6, 6.07) is 16.4. The molecule has 0 radical (unpaired) electrons. The molecule has 2 aromatic rings. The summed E-state index contributed by atoms with van der Waals surface area (Å²) in [5.74, 6) is -0.360. The van der Waals surface area contributed by atoms with Crippen molar-refractivity contribution in [3.8, 4) is 0 Å². The predicted molar refractivity (Wildman–Crippen MR) is 101 cm³/mol. The zero-order valence-corrected chi connectivity index (χ0v) is 15.0. The van der Waals surface area contributed by atoms with Crippen molar-refractivity contribution in [1.29, 1.82) is 0 Å². The Morgan fingerprint density at radius 2 is 1.77 bits per heavy atom. The molecule has 3 rings (SSSR count). The number of rotatable bonds is 5. The average molecular weight is 353 g/mol. The van der Waals surface area contributed by atoms with Crippen LogP contribution in [-0.4, -0.2) is 25.7 Å². The lowest BCUT2D eigenvalue weighted by Gasteiger charge is -2.37. The highest BCUT2D eigenvalue weighted by molar-refractivity contribution is 5.94. The summed E-state index contributed by atoms with van der Waals surface area (Å²) in [5.41, 5.74) is 2.79. The molecule has 1 fully saturated rings. The molecule has 3 nitrogen and oxygen atoms in total. The van der Waals surface area contributed by atoms with Crippen LogP contribution in [0.5, 0.6) is 0 Å². The molecule has 0 unspecified atom stereocenters. The van der Waals surface area contributed by atoms with Gasteiger partial charge in [-0.25, -0.2) is 4.39 Å². The first-order valence-corrected chi connectivity index (χ1v) is 8.94. The van der Waals surface area contributed by atoms with Gasteiger partial charge in [-0.15, -0.1) is 0 Å². The topological polar surface area (TPSA) is 38.3 Å². The van der Waals surface area contributed by atoms with Gasteiger partial charge in [0.2, 0.25) is 5.91 Å². The molecule has 1 saturated heterocycles. The number of amides is 1. The van der Waals surface area contributed by atoms with E-state index in [2.05, 4.69) is 5.32 Å². The summed E-state index contributed by atoms with van der Waals surface area (Å²) in [6.07, 6.45) is 3.24. The van der Waals surface area contributed by atoms with Crippen LogP contribution in [0, 0.1) is 5.82 Å². The number of benzene rings is 2. The minimum Gasteiger partial charge on any atom is -0.381 e. The van der Waals surface area contributed by atoms with Crippen molar-refractivity contribution >= 4 is 11.5 Å². The Labute approximate surface area is 153 Å². The summed E-state index contributed by atoms with van der Waals surface area (Å²) in [5, 5.41) is 3.04. The molecular formula is C22H24FNO2. The van der Waals surface area contributed by atoms with E-state index in [4.69, 9.17) is 4.74 Å². The van der Waals surface area contributed by atoms with Crippen LogP contribution >= 0.6 is 0 Å². The number of carbonyl (C=O) groups is 1. The van der Waals surface area contributed by atoms with Crippen LogP contribution in [0.2, 0.25) is 0 Å². The molecule has 0 aromatic heterocycles. The van der Waals surface area contributed by atoms with Crippen molar-refractivity contribution in [3.05, 3.63) is 77.6 Å². The molecule has 1 aliphatic rings. The van der Waals surface area contributed by atoms with Gasteiger partial charge in [0.05, 0.1) is 0 Å². The van der Waals surface area contributed by atoms with Gasteiger partial charge < -0.3 is 10.1 Å². The first-order valence-electron chi connectivity index (χ1n) is 8.94. The molecule has 26 heavy (non-hydrogen) atoms. The van der Waals surface area contributed by atoms with Crippen LogP contribution in [0.25, 0.3) is 5.57 Å². The first-order chi connectivity index (χ1) is 12.6. The molecular weight excluding hydrogens is 329 g/mol. The number of halogens is 1. The summed E-state index contributed by atoms with van der Waals surface area (Å²) in [7, 11) is 0. The quantitative estimate of drug-likeness (QED) is 0.822. The van der Waals surface area contributed by atoms with E-state index in [1.54, 1.807) is 6.08 Å². The van der Waals surface area contributed by atoms with E-state index in [1.165, 1.54) is 12.1 Å². The minimum absolute atomic E-state index is 0.112. The molecule has 2 aromatic carbocycles. The SMILES string of the molecule is C/C(=C/C(=O)NCC1(c2ccc(F)cc2)CCOCC1)c1ccccc1. The molecule has 4 heteroatoms. The fourth-order valence-corrected chi connectivity index (χ4v) is 3.42. The lowest BCUT2D eigenvalue weighted by Crippen LogP contribution is -2.44. The van der Waals surface area contributed by atoms with E-state index in [0.717, 1.165) is 29.5 Å².